The van der Waals surface area contributed by atoms with Crippen molar-refractivity contribution in [3.8, 4) is 5.75 Å². The molecule has 1 aliphatic heterocycles. The van der Waals surface area contributed by atoms with Gasteiger partial charge in [-0.1, -0.05) is 43.3 Å². The predicted octanol–water partition coefficient (Wildman–Crippen LogP) is 3.25. The van der Waals surface area contributed by atoms with Crippen molar-refractivity contribution in [2.45, 2.75) is 32.2 Å². The Morgan fingerprint density at radius 1 is 1.18 bits per heavy atom. The fraction of sp³-hybridized carbons (Fsp3) is 0.435. The third-order valence-electron chi connectivity index (χ3n) is 6.19. The number of carbonyl (C=O) groups excluding carboxylic acids is 1. The van der Waals surface area contributed by atoms with E-state index in [4.69, 9.17) is 10.7 Å². The molecule has 2 fully saturated rings. The molecule has 5 heteroatoms. The lowest BCUT2D eigenvalue weighted by molar-refractivity contribution is -0.118. The molecule has 1 aliphatic carbocycles. The van der Waals surface area contributed by atoms with E-state index in [0.29, 0.717) is 30.0 Å². The van der Waals surface area contributed by atoms with Gasteiger partial charge in [-0.25, -0.2) is 0 Å². The van der Waals surface area contributed by atoms with E-state index in [2.05, 4.69) is 35.2 Å². The lowest BCUT2D eigenvalue weighted by Gasteiger charge is -2.26. The molecule has 4 rings (SSSR count). The molecule has 0 radical (unpaired) electrons. The lowest BCUT2D eigenvalue weighted by Crippen LogP contribution is -2.35. The van der Waals surface area contributed by atoms with Crippen LogP contribution < -0.4 is 15.6 Å². The first kappa shape index (κ1) is 19.0. The quantitative estimate of drug-likeness (QED) is 0.751. The smallest absolute Gasteiger partial charge is 0.226 e. The van der Waals surface area contributed by atoms with Gasteiger partial charge >= 0.3 is 0 Å². The van der Waals surface area contributed by atoms with Gasteiger partial charge in [0.25, 0.3) is 0 Å². The van der Waals surface area contributed by atoms with E-state index in [0.717, 1.165) is 38.2 Å². The molecule has 0 spiro atoms. The summed E-state index contributed by atoms with van der Waals surface area (Å²) in [6.07, 6.45) is 2.74. The second-order valence-corrected chi connectivity index (χ2v) is 7.88. The molecule has 2 unspecified atom stereocenters. The number of nitrogens with two attached hydrogens (primary N) is 1. The Labute approximate surface area is 167 Å². The number of benzene rings is 2. The summed E-state index contributed by atoms with van der Waals surface area (Å²) in [7, 11) is 0. The highest BCUT2D eigenvalue weighted by Crippen LogP contribution is 2.50. The van der Waals surface area contributed by atoms with Gasteiger partial charge in [0, 0.05) is 37.3 Å². The summed E-state index contributed by atoms with van der Waals surface area (Å²) in [5, 5.41) is 0. The largest absolute Gasteiger partial charge is 0.411 e. The summed E-state index contributed by atoms with van der Waals surface area (Å²) in [4.78, 5) is 22.2. The van der Waals surface area contributed by atoms with Gasteiger partial charge in [0.1, 0.15) is 5.75 Å². The zero-order valence-corrected chi connectivity index (χ0v) is 16.5. The van der Waals surface area contributed by atoms with Crippen LogP contribution in [-0.2, 0) is 11.2 Å². The molecule has 1 heterocycles. The number of piperidine rings is 1. The highest BCUT2D eigenvalue weighted by Gasteiger charge is 2.56. The first-order valence-electron chi connectivity index (χ1n) is 10.3. The van der Waals surface area contributed by atoms with Crippen molar-refractivity contribution in [2.24, 2.45) is 17.7 Å². The number of rotatable bonds is 7. The van der Waals surface area contributed by atoms with Gasteiger partial charge in [0.15, 0.2) is 0 Å². The molecule has 1 saturated heterocycles. The van der Waals surface area contributed by atoms with Gasteiger partial charge in [-0.2, -0.15) is 5.90 Å². The molecule has 0 aromatic heterocycles. The third-order valence-corrected chi connectivity index (χ3v) is 6.19. The van der Waals surface area contributed by atoms with Gasteiger partial charge in [0.2, 0.25) is 5.91 Å². The van der Waals surface area contributed by atoms with Crippen molar-refractivity contribution in [1.82, 2.24) is 4.90 Å². The van der Waals surface area contributed by atoms with E-state index in [1.54, 1.807) is 0 Å². The Morgan fingerprint density at radius 2 is 2.00 bits per heavy atom. The maximum atomic E-state index is 12.8. The fourth-order valence-electron chi connectivity index (χ4n) is 4.65. The van der Waals surface area contributed by atoms with Crippen LogP contribution >= 0.6 is 0 Å². The highest BCUT2D eigenvalue weighted by molar-refractivity contribution is 5.94. The molecule has 148 valence electrons. The molecular formula is C23H29N3O2. The van der Waals surface area contributed by atoms with E-state index in [1.807, 2.05) is 36.1 Å². The average Bonchev–Trinajstić information content (AvgIpc) is 3.46. The summed E-state index contributed by atoms with van der Waals surface area (Å²) in [5.41, 5.74) is 2.28. The maximum Gasteiger partial charge on any atom is 0.226 e. The SMILES string of the molecule is CCC(=O)N(c1cccc(ON)c1)[C@H]1C2CCN(CCc3ccccc3)CC21. The Morgan fingerprint density at radius 3 is 2.75 bits per heavy atom. The number of hydrogen-bond acceptors (Lipinski definition) is 4. The number of fused-ring (bicyclic) bond motifs is 1. The first-order valence-corrected chi connectivity index (χ1v) is 10.3. The zero-order valence-electron chi connectivity index (χ0n) is 16.5. The van der Waals surface area contributed by atoms with Crippen LogP contribution in [0.15, 0.2) is 54.6 Å². The summed E-state index contributed by atoms with van der Waals surface area (Å²) < 4.78 is 0. The van der Waals surface area contributed by atoms with E-state index in [-0.39, 0.29) is 5.91 Å². The standard InChI is InChI=1S/C23H29N3O2/c1-2-22(27)26(18-9-6-10-19(15-18)28-24)23-20-12-14-25(16-21(20)23)13-11-17-7-4-3-5-8-17/h3-10,15,20-21,23H,2,11-14,16,24H2,1H3/t20?,21?,23-/m0/s1. The zero-order chi connectivity index (χ0) is 19.5. The van der Waals surface area contributed by atoms with Crippen LogP contribution in [-0.4, -0.2) is 36.5 Å². The maximum absolute atomic E-state index is 12.8. The van der Waals surface area contributed by atoms with Crippen molar-refractivity contribution in [3.05, 3.63) is 60.2 Å². The summed E-state index contributed by atoms with van der Waals surface area (Å²) in [5.74, 6) is 7.24. The number of hydrogen-bond donors (Lipinski definition) is 1. The third kappa shape index (κ3) is 3.91. The Hall–Kier alpha value is -2.37. The number of carbonyl (C=O) groups is 1. The highest BCUT2D eigenvalue weighted by atomic mass is 16.6. The Balaban J connectivity index is 1.43. The normalized spacial score (nSPS) is 23.7. The van der Waals surface area contributed by atoms with Crippen LogP contribution in [0.3, 0.4) is 0 Å². The van der Waals surface area contributed by atoms with Crippen LogP contribution in [0.25, 0.3) is 0 Å². The minimum absolute atomic E-state index is 0.171. The molecule has 1 saturated carbocycles. The van der Waals surface area contributed by atoms with Crippen molar-refractivity contribution < 1.29 is 9.63 Å². The van der Waals surface area contributed by atoms with E-state index in [1.165, 1.54) is 5.56 Å². The molecule has 3 atom stereocenters. The van der Waals surface area contributed by atoms with Gasteiger partial charge in [0.05, 0.1) is 0 Å². The van der Waals surface area contributed by atoms with Crippen LogP contribution in [0, 0.1) is 11.8 Å². The van der Waals surface area contributed by atoms with Crippen molar-refractivity contribution in [2.75, 3.05) is 24.5 Å². The monoisotopic (exact) mass is 379 g/mol. The number of anilines is 1. The summed E-state index contributed by atoms with van der Waals surface area (Å²) in [6.45, 7) is 5.20. The molecule has 2 aliphatic rings. The molecule has 1 amide bonds. The number of likely N-dealkylation sites (tertiary alicyclic amines) is 1. The van der Waals surface area contributed by atoms with Crippen molar-refractivity contribution in [3.63, 3.8) is 0 Å². The van der Waals surface area contributed by atoms with Gasteiger partial charge < -0.3 is 14.6 Å². The molecule has 28 heavy (non-hydrogen) atoms. The minimum Gasteiger partial charge on any atom is -0.411 e. The predicted molar refractivity (Wildman–Crippen MR) is 111 cm³/mol. The molecule has 5 nitrogen and oxygen atoms in total. The number of amides is 1. The van der Waals surface area contributed by atoms with Crippen molar-refractivity contribution in [1.29, 1.82) is 0 Å². The van der Waals surface area contributed by atoms with Crippen LogP contribution in [0.2, 0.25) is 0 Å². The second-order valence-electron chi connectivity index (χ2n) is 7.88. The first-order chi connectivity index (χ1) is 13.7. The Bertz CT molecular complexity index is 811. The summed E-state index contributed by atoms with van der Waals surface area (Å²) >= 11 is 0. The van der Waals surface area contributed by atoms with Gasteiger partial charge in [-0.3, -0.25) is 4.79 Å². The number of nitrogens with zero attached hydrogens (tertiary/aromatic N) is 2. The van der Waals surface area contributed by atoms with Crippen molar-refractivity contribution >= 4 is 11.6 Å². The van der Waals surface area contributed by atoms with E-state index < -0.39 is 0 Å². The molecular weight excluding hydrogens is 350 g/mol. The minimum atomic E-state index is 0.171. The van der Waals surface area contributed by atoms with Crippen LogP contribution in [0.4, 0.5) is 5.69 Å². The molecule has 0 bridgehead atoms. The second kappa shape index (κ2) is 8.33. The Kier molecular flexibility index (Phi) is 5.64. The van der Waals surface area contributed by atoms with E-state index >= 15 is 0 Å². The molecule has 2 aromatic carbocycles. The summed E-state index contributed by atoms with van der Waals surface area (Å²) in [6, 6.07) is 18.5. The lowest BCUT2D eigenvalue weighted by atomic mass is 10.1. The average molecular weight is 380 g/mol. The van der Waals surface area contributed by atoms with Crippen LogP contribution in [0.5, 0.6) is 5.75 Å². The van der Waals surface area contributed by atoms with E-state index in [9.17, 15) is 4.79 Å². The van der Waals surface area contributed by atoms with Gasteiger partial charge in [-0.05, 0) is 48.9 Å². The molecule has 2 N–H and O–H groups in total. The fourth-order valence-corrected chi connectivity index (χ4v) is 4.65. The van der Waals surface area contributed by atoms with Crippen LogP contribution in [0.1, 0.15) is 25.3 Å². The topological polar surface area (TPSA) is 58.8 Å². The van der Waals surface area contributed by atoms with Gasteiger partial charge in [-0.15, -0.1) is 0 Å². The molecule has 2 aromatic rings.